The maximum absolute atomic E-state index is 12.3. The van der Waals surface area contributed by atoms with Gasteiger partial charge in [-0.3, -0.25) is 14.8 Å². The third-order valence-electron chi connectivity index (χ3n) is 2.44. The van der Waals surface area contributed by atoms with Gasteiger partial charge in [0.15, 0.2) is 5.78 Å². The molecule has 6 heteroatoms. The lowest BCUT2D eigenvalue weighted by atomic mass is 10.1. The second-order valence-electron chi connectivity index (χ2n) is 3.85. The molecule has 19 heavy (non-hydrogen) atoms. The molecule has 0 fully saturated rings. The van der Waals surface area contributed by atoms with Gasteiger partial charge in [0.05, 0.1) is 12.0 Å². The summed E-state index contributed by atoms with van der Waals surface area (Å²) in [6, 6.07) is 7.04. The van der Waals surface area contributed by atoms with E-state index >= 15 is 0 Å². The van der Waals surface area contributed by atoms with E-state index in [0.29, 0.717) is 11.9 Å². The molecule has 0 aliphatic carbocycles. The van der Waals surface area contributed by atoms with Crippen LogP contribution in [0.15, 0.2) is 42.7 Å². The molecule has 2 aromatic heterocycles. The van der Waals surface area contributed by atoms with Crippen LogP contribution < -0.4 is 0 Å². The van der Waals surface area contributed by atoms with Crippen molar-refractivity contribution in [3.8, 4) is 0 Å². The Kier molecular flexibility index (Phi) is 3.59. The number of carbonyl (C=O) groups is 1. The monoisotopic (exact) mass is 266 g/mol. The maximum atomic E-state index is 12.3. The van der Waals surface area contributed by atoms with Gasteiger partial charge in [-0.25, -0.2) is 0 Å². The highest BCUT2D eigenvalue weighted by Crippen LogP contribution is 2.28. The highest BCUT2D eigenvalue weighted by Gasteiger charge is 2.30. The molecule has 2 aromatic rings. The first-order valence-electron chi connectivity index (χ1n) is 5.43. The van der Waals surface area contributed by atoms with Crippen molar-refractivity contribution in [1.82, 2.24) is 9.97 Å². The lowest BCUT2D eigenvalue weighted by molar-refractivity contribution is -0.137. The number of hydrogen-bond donors (Lipinski definition) is 0. The van der Waals surface area contributed by atoms with Gasteiger partial charge in [0.1, 0.15) is 5.69 Å². The highest BCUT2D eigenvalue weighted by atomic mass is 19.4. The normalized spacial score (nSPS) is 11.3. The van der Waals surface area contributed by atoms with E-state index in [0.717, 1.165) is 12.1 Å². The van der Waals surface area contributed by atoms with E-state index in [1.165, 1.54) is 0 Å². The molecule has 0 aliphatic rings. The van der Waals surface area contributed by atoms with E-state index in [-0.39, 0.29) is 17.9 Å². The van der Waals surface area contributed by atoms with Crippen molar-refractivity contribution >= 4 is 5.78 Å². The number of Topliss-reactive ketones (excluding diaryl/α,β-unsaturated/α-hetero) is 1. The van der Waals surface area contributed by atoms with Gasteiger partial charge >= 0.3 is 6.18 Å². The Balaban J connectivity index is 2.12. The van der Waals surface area contributed by atoms with Gasteiger partial charge in [-0.05, 0) is 24.3 Å². The molecule has 0 atom stereocenters. The Hall–Kier alpha value is -2.24. The van der Waals surface area contributed by atoms with Crippen molar-refractivity contribution in [3.63, 3.8) is 0 Å². The summed E-state index contributed by atoms with van der Waals surface area (Å²) in [5.74, 6) is -0.368. The van der Waals surface area contributed by atoms with Gasteiger partial charge in [-0.15, -0.1) is 0 Å². The predicted molar refractivity (Wildman–Crippen MR) is 61.5 cm³/mol. The number of halogens is 3. The number of pyridine rings is 2. The van der Waals surface area contributed by atoms with E-state index in [9.17, 15) is 18.0 Å². The van der Waals surface area contributed by atoms with Gasteiger partial charge in [0, 0.05) is 18.1 Å². The molecule has 98 valence electrons. The van der Waals surface area contributed by atoms with Gasteiger partial charge in [0.25, 0.3) is 0 Å². The van der Waals surface area contributed by atoms with Crippen molar-refractivity contribution in [2.75, 3.05) is 0 Å². The average molecular weight is 266 g/mol. The topological polar surface area (TPSA) is 42.9 Å². The Morgan fingerprint density at radius 2 is 1.89 bits per heavy atom. The number of alkyl halides is 3. The van der Waals surface area contributed by atoms with E-state index in [1.807, 2.05) is 0 Å². The minimum Gasteiger partial charge on any atom is -0.292 e. The van der Waals surface area contributed by atoms with Crippen LogP contribution in [-0.4, -0.2) is 15.8 Å². The quantitative estimate of drug-likeness (QED) is 0.802. The van der Waals surface area contributed by atoms with Gasteiger partial charge in [-0.2, -0.15) is 13.2 Å². The average Bonchev–Trinajstić information content (AvgIpc) is 2.39. The molecule has 2 rings (SSSR count). The SMILES string of the molecule is O=C(Cc1ccccn1)c1ccc(C(F)(F)F)cn1. The lowest BCUT2D eigenvalue weighted by Crippen LogP contribution is -2.10. The second-order valence-corrected chi connectivity index (χ2v) is 3.85. The number of rotatable bonds is 3. The summed E-state index contributed by atoms with van der Waals surface area (Å²) in [4.78, 5) is 19.3. The third-order valence-corrected chi connectivity index (χ3v) is 2.44. The predicted octanol–water partition coefficient (Wildman–Crippen LogP) is 2.92. The van der Waals surface area contributed by atoms with Crippen molar-refractivity contribution in [2.45, 2.75) is 12.6 Å². The molecule has 0 amide bonds. The number of nitrogens with zero attached hydrogens (tertiary/aromatic N) is 2. The zero-order chi connectivity index (χ0) is 13.9. The first-order valence-corrected chi connectivity index (χ1v) is 5.43. The molecule has 0 aromatic carbocycles. The Labute approximate surface area is 107 Å². The fourth-order valence-electron chi connectivity index (χ4n) is 1.48. The lowest BCUT2D eigenvalue weighted by Gasteiger charge is -2.06. The smallest absolute Gasteiger partial charge is 0.292 e. The van der Waals surface area contributed by atoms with E-state index in [2.05, 4.69) is 9.97 Å². The minimum absolute atomic E-state index is 0.00125. The Morgan fingerprint density at radius 3 is 2.42 bits per heavy atom. The van der Waals surface area contributed by atoms with Crippen LogP contribution >= 0.6 is 0 Å². The zero-order valence-electron chi connectivity index (χ0n) is 9.69. The van der Waals surface area contributed by atoms with Crippen LogP contribution in [0.25, 0.3) is 0 Å². The summed E-state index contributed by atoms with van der Waals surface area (Å²) in [5.41, 5.74) is -0.324. The van der Waals surface area contributed by atoms with Crippen LogP contribution in [0.2, 0.25) is 0 Å². The van der Waals surface area contributed by atoms with Gasteiger partial charge in [0.2, 0.25) is 0 Å². The summed E-state index contributed by atoms with van der Waals surface area (Å²) in [6.45, 7) is 0. The molecule has 2 heterocycles. The van der Waals surface area contributed by atoms with Crippen LogP contribution in [0, 0.1) is 0 Å². The molecule has 0 bridgehead atoms. The van der Waals surface area contributed by atoms with Crippen molar-refractivity contribution in [2.24, 2.45) is 0 Å². The summed E-state index contributed by atoms with van der Waals surface area (Å²) >= 11 is 0. The standard InChI is InChI=1S/C13H9F3N2O/c14-13(15,16)9-4-5-11(18-8-9)12(19)7-10-3-1-2-6-17-10/h1-6,8H,7H2. The molecule has 0 aliphatic heterocycles. The fourth-order valence-corrected chi connectivity index (χ4v) is 1.48. The van der Waals surface area contributed by atoms with Gasteiger partial charge < -0.3 is 0 Å². The number of ketones is 1. The first kappa shape index (κ1) is 13.2. The molecule has 3 nitrogen and oxygen atoms in total. The Bertz CT molecular complexity index is 565. The molecule has 0 radical (unpaired) electrons. The molecule has 0 saturated heterocycles. The molecular formula is C13H9F3N2O. The number of hydrogen-bond acceptors (Lipinski definition) is 3. The highest BCUT2D eigenvalue weighted by molar-refractivity contribution is 5.95. The first-order chi connectivity index (χ1) is 8.97. The number of carbonyl (C=O) groups excluding carboxylic acids is 1. The summed E-state index contributed by atoms with van der Waals surface area (Å²) in [6.07, 6.45) is -2.23. The second kappa shape index (κ2) is 5.17. The number of aromatic nitrogens is 2. The fraction of sp³-hybridized carbons (Fsp3) is 0.154. The van der Waals surface area contributed by atoms with Crippen molar-refractivity contribution in [1.29, 1.82) is 0 Å². The van der Waals surface area contributed by atoms with Gasteiger partial charge in [-0.1, -0.05) is 6.07 Å². The zero-order valence-corrected chi connectivity index (χ0v) is 9.69. The van der Waals surface area contributed by atoms with E-state index < -0.39 is 11.7 Å². The van der Waals surface area contributed by atoms with E-state index in [4.69, 9.17) is 0 Å². The summed E-state index contributed by atoms with van der Waals surface area (Å²) < 4.78 is 37.0. The van der Waals surface area contributed by atoms with Crippen LogP contribution in [-0.2, 0) is 12.6 Å². The molecule has 0 unspecified atom stereocenters. The molecule has 0 N–H and O–H groups in total. The Morgan fingerprint density at radius 1 is 1.11 bits per heavy atom. The largest absolute Gasteiger partial charge is 0.417 e. The molecule has 0 saturated carbocycles. The van der Waals surface area contributed by atoms with Crippen LogP contribution in [0.1, 0.15) is 21.7 Å². The summed E-state index contributed by atoms with van der Waals surface area (Å²) in [7, 11) is 0. The third kappa shape index (κ3) is 3.37. The minimum atomic E-state index is -4.45. The maximum Gasteiger partial charge on any atom is 0.417 e. The van der Waals surface area contributed by atoms with Crippen LogP contribution in [0.5, 0.6) is 0 Å². The van der Waals surface area contributed by atoms with E-state index in [1.54, 1.807) is 24.4 Å². The summed E-state index contributed by atoms with van der Waals surface area (Å²) in [5, 5.41) is 0. The van der Waals surface area contributed by atoms with Crippen molar-refractivity contribution in [3.05, 3.63) is 59.7 Å². The van der Waals surface area contributed by atoms with Crippen LogP contribution in [0.3, 0.4) is 0 Å². The van der Waals surface area contributed by atoms with Crippen molar-refractivity contribution < 1.29 is 18.0 Å². The molecular weight excluding hydrogens is 257 g/mol. The van der Waals surface area contributed by atoms with Crippen LogP contribution in [0.4, 0.5) is 13.2 Å². The molecule has 0 spiro atoms.